The number of para-hydroxylation sites is 2. The number of ether oxygens (including phenoxy) is 3. The summed E-state index contributed by atoms with van der Waals surface area (Å²) in [6.45, 7) is 2.07. The Kier molecular flexibility index (Phi) is 8.28. The highest BCUT2D eigenvalue weighted by Gasteiger charge is 2.12. The first-order chi connectivity index (χ1) is 16.5. The number of non-ortho nitro benzene ring substituents is 1. The van der Waals surface area contributed by atoms with E-state index in [9.17, 15) is 19.7 Å². The zero-order valence-electron chi connectivity index (χ0n) is 18.2. The SMILES string of the molecule is CCOc1ccccc1OCC(=O)N/N=C\c1cccc(OC(=O)c2ccc([N+](=O)[O-])cc2)c1. The molecule has 0 spiro atoms. The Morgan fingerprint density at radius 3 is 2.38 bits per heavy atom. The zero-order valence-corrected chi connectivity index (χ0v) is 18.2. The van der Waals surface area contributed by atoms with Gasteiger partial charge in [-0.05, 0) is 48.9 Å². The van der Waals surface area contributed by atoms with E-state index in [4.69, 9.17) is 14.2 Å². The highest BCUT2D eigenvalue weighted by atomic mass is 16.6. The van der Waals surface area contributed by atoms with E-state index in [1.165, 1.54) is 30.5 Å². The maximum absolute atomic E-state index is 12.3. The third-order valence-electron chi connectivity index (χ3n) is 4.29. The molecule has 1 N–H and O–H groups in total. The fourth-order valence-corrected chi connectivity index (χ4v) is 2.74. The Morgan fingerprint density at radius 1 is 1.00 bits per heavy atom. The number of esters is 1. The van der Waals surface area contributed by atoms with Crippen LogP contribution in [0, 0.1) is 10.1 Å². The van der Waals surface area contributed by atoms with Crippen LogP contribution in [-0.2, 0) is 4.79 Å². The predicted octanol–water partition coefficient (Wildman–Crippen LogP) is 3.74. The van der Waals surface area contributed by atoms with Crippen molar-refractivity contribution in [3.63, 3.8) is 0 Å². The largest absolute Gasteiger partial charge is 0.490 e. The molecule has 10 heteroatoms. The van der Waals surface area contributed by atoms with Crippen molar-refractivity contribution in [1.29, 1.82) is 0 Å². The van der Waals surface area contributed by atoms with Crippen LogP contribution in [0.15, 0.2) is 77.9 Å². The van der Waals surface area contributed by atoms with Crippen molar-refractivity contribution in [3.8, 4) is 17.2 Å². The number of nitro groups is 1. The third-order valence-corrected chi connectivity index (χ3v) is 4.29. The van der Waals surface area contributed by atoms with Crippen molar-refractivity contribution < 1.29 is 28.7 Å². The Bertz CT molecular complexity index is 1190. The average Bonchev–Trinajstić information content (AvgIpc) is 2.84. The van der Waals surface area contributed by atoms with Crippen LogP contribution >= 0.6 is 0 Å². The highest BCUT2D eigenvalue weighted by Crippen LogP contribution is 2.26. The molecule has 0 bridgehead atoms. The molecule has 0 aliphatic rings. The summed E-state index contributed by atoms with van der Waals surface area (Å²) in [6.07, 6.45) is 1.38. The van der Waals surface area contributed by atoms with E-state index in [0.29, 0.717) is 23.7 Å². The first-order valence-corrected chi connectivity index (χ1v) is 10.2. The molecule has 0 aromatic heterocycles. The first-order valence-electron chi connectivity index (χ1n) is 10.2. The maximum atomic E-state index is 12.3. The van der Waals surface area contributed by atoms with Crippen molar-refractivity contribution in [2.24, 2.45) is 5.10 Å². The first kappa shape index (κ1) is 23.9. The lowest BCUT2D eigenvalue weighted by molar-refractivity contribution is -0.384. The molecule has 0 aliphatic heterocycles. The average molecular weight is 463 g/mol. The van der Waals surface area contributed by atoms with Gasteiger partial charge in [-0.2, -0.15) is 5.10 Å². The van der Waals surface area contributed by atoms with Gasteiger partial charge in [0.05, 0.1) is 23.3 Å². The van der Waals surface area contributed by atoms with Crippen LogP contribution in [0.1, 0.15) is 22.8 Å². The number of nitrogens with zero attached hydrogens (tertiary/aromatic N) is 2. The van der Waals surface area contributed by atoms with Gasteiger partial charge in [-0.1, -0.05) is 24.3 Å². The molecular formula is C24H21N3O7. The molecule has 0 saturated carbocycles. The second-order valence-corrected chi connectivity index (χ2v) is 6.73. The number of nitro benzene ring substituents is 1. The Morgan fingerprint density at radius 2 is 1.71 bits per heavy atom. The number of hydrogen-bond acceptors (Lipinski definition) is 8. The molecule has 3 rings (SSSR count). The standard InChI is InChI=1S/C24H21N3O7/c1-2-32-21-8-3-4-9-22(21)33-16-23(28)26-25-15-17-6-5-7-20(14-17)34-24(29)18-10-12-19(13-11-18)27(30)31/h3-15H,2,16H2,1H3,(H,26,28)/b25-15-. The Balaban J connectivity index is 1.52. The van der Waals surface area contributed by atoms with Gasteiger partial charge in [-0.3, -0.25) is 14.9 Å². The number of nitrogens with one attached hydrogen (secondary N) is 1. The van der Waals surface area contributed by atoms with Gasteiger partial charge in [0.1, 0.15) is 5.75 Å². The summed E-state index contributed by atoms with van der Waals surface area (Å²) < 4.78 is 16.2. The highest BCUT2D eigenvalue weighted by molar-refractivity contribution is 5.91. The molecule has 0 radical (unpaired) electrons. The van der Waals surface area contributed by atoms with Gasteiger partial charge in [0, 0.05) is 12.1 Å². The maximum Gasteiger partial charge on any atom is 0.343 e. The minimum atomic E-state index is -0.665. The molecule has 3 aromatic rings. The van der Waals surface area contributed by atoms with Crippen molar-refractivity contribution in [2.75, 3.05) is 13.2 Å². The van der Waals surface area contributed by atoms with Gasteiger partial charge >= 0.3 is 5.97 Å². The van der Waals surface area contributed by atoms with Gasteiger partial charge in [-0.15, -0.1) is 0 Å². The molecule has 1 amide bonds. The van der Waals surface area contributed by atoms with E-state index in [2.05, 4.69) is 10.5 Å². The summed E-state index contributed by atoms with van der Waals surface area (Å²) in [4.78, 5) is 34.4. The van der Waals surface area contributed by atoms with Gasteiger partial charge in [0.2, 0.25) is 0 Å². The van der Waals surface area contributed by atoms with E-state index < -0.39 is 16.8 Å². The van der Waals surface area contributed by atoms with Gasteiger partial charge in [0.25, 0.3) is 11.6 Å². The lowest BCUT2D eigenvalue weighted by Gasteiger charge is -2.10. The lowest BCUT2D eigenvalue weighted by Crippen LogP contribution is -2.24. The molecule has 174 valence electrons. The van der Waals surface area contributed by atoms with E-state index in [1.54, 1.807) is 48.5 Å². The summed E-state index contributed by atoms with van der Waals surface area (Å²) in [5.74, 6) is 0.104. The van der Waals surface area contributed by atoms with Crippen molar-refractivity contribution in [1.82, 2.24) is 5.43 Å². The summed E-state index contributed by atoms with van der Waals surface area (Å²) in [6, 6.07) is 18.6. The summed E-state index contributed by atoms with van der Waals surface area (Å²) >= 11 is 0. The summed E-state index contributed by atoms with van der Waals surface area (Å²) in [7, 11) is 0. The van der Waals surface area contributed by atoms with Crippen LogP contribution in [0.4, 0.5) is 5.69 Å². The van der Waals surface area contributed by atoms with Gasteiger partial charge in [-0.25, -0.2) is 10.2 Å². The molecule has 0 aliphatic carbocycles. The van der Waals surface area contributed by atoms with E-state index in [-0.39, 0.29) is 23.6 Å². The summed E-state index contributed by atoms with van der Waals surface area (Å²) in [5, 5.41) is 14.6. The molecule has 0 saturated heterocycles. The van der Waals surface area contributed by atoms with Crippen molar-refractivity contribution in [3.05, 3.63) is 94.0 Å². The fraction of sp³-hybridized carbons (Fsp3) is 0.125. The Hall–Kier alpha value is -4.73. The Labute approximate surface area is 194 Å². The number of hydrazone groups is 1. The van der Waals surface area contributed by atoms with Crippen LogP contribution in [0.2, 0.25) is 0 Å². The molecule has 10 nitrogen and oxygen atoms in total. The van der Waals surface area contributed by atoms with Gasteiger partial charge in [0.15, 0.2) is 18.1 Å². The normalized spacial score (nSPS) is 10.5. The molecule has 0 heterocycles. The van der Waals surface area contributed by atoms with Gasteiger partial charge < -0.3 is 14.2 Å². The number of amides is 1. The molecule has 3 aromatic carbocycles. The molecule has 34 heavy (non-hydrogen) atoms. The number of carbonyl (C=O) groups excluding carboxylic acids is 2. The second-order valence-electron chi connectivity index (χ2n) is 6.73. The van der Waals surface area contributed by atoms with E-state index >= 15 is 0 Å². The number of rotatable bonds is 10. The smallest absolute Gasteiger partial charge is 0.343 e. The van der Waals surface area contributed by atoms with Crippen LogP contribution in [0.25, 0.3) is 0 Å². The second kappa shape index (κ2) is 11.8. The minimum Gasteiger partial charge on any atom is -0.490 e. The minimum absolute atomic E-state index is 0.124. The fourth-order valence-electron chi connectivity index (χ4n) is 2.74. The lowest BCUT2D eigenvalue weighted by atomic mass is 10.2. The third kappa shape index (κ3) is 6.89. The number of carbonyl (C=O) groups is 2. The predicted molar refractivity (Wildman–Crippen MR) is 123 cm³/mol. The van der Waals surface area contributed by atoms with Crippen LogP contribution in [0.3, 0.4) is 0 Å². The van der Waals surface area contributed by atoms with Crippen molar-refractivity contribution in [2.45, 2.75) is 6.92 Å². The monoisotopic (exact) mass is 463 g/mol. The molecule has 0 atom stereocenters. The van der Waals surface area contributed by atoms with E-state index in [1.807, 2.05) is 6.92 Å². The summed E-state index contributed by atoms with van der Waals surface area (Å²) in [5.41, 5.74) is 2.97. The molecule has 0 unspecified atom stereocenters. The topological polar surface area (TPSA) is 129 Å². The molecule has 0 fully saturated rings. The van der Waals surface area contributed by atoms with Crippen LogP contribution in [-0.4, -0.2) is 36.2 Å². The van der Waals surface area contributed by atoms with Crippen LogP contribution in [0.5, 0.6) is 17.2 Å². The molecular weight excluding hydrogens is 442 g/mol. The number of benzene rings is 3. The van der Waals surface area contributed by atoms with Crippen LogP contribution < -0.4 is 19.6 Å². The zero-order chi connectivity index (χ0) is 24.3. The van der Waals surface area contributed by atoms with E-state index in [0.717, 1.165) is 0 Å². The van der Waals surface area contributed by atoms with Crippen molar-refractivity contribution >= 4 is 23.8 Å². The quantitative estimate of drug-likeness (QED) is 0.159. The number of hydrogen-bond donors (Lipinski definition) is 1.